The maximum atomic E-state index is 12.8. The van der Waals surface area contributed by atoms with E-state index in [1.54, 1.807) is 0 Å². The summed E-state index contributed by atoms with van der Waals surface area (Å²) in [6, 6.07) is 4.33. The highest BCUT2D eigenvalue weighted by atomic mass is 32.2. The third-order valence-corrected chi connectivity index (χ3v) is 7.00. The van der Waals surface area contributed by atoms with E-state index in [4.69, 9.17) is 0 Å². The molecule has 138 valence electrons. The minimum atomic E-state index is -3.70. The SMILES string of the molecule is C[C@@H]1CCCN(S(=O)(=O)c2ccc(N[C@@H](C)C3CC3)c([N+](=O)[O-])c2)C1. The van der Waals surface area contributed by atoms with Crippen molar-refractivity contribution in [1.82, 2.24) is 4.31 Å². The number of nitro groups is 1. The van der Waals surface area contributed by atoms with E-state index in [1.165, 1.54) is 22.5 Å². The van der Waals surface area contributed by atoms with Crippen LogP contribution in [-0.4, -0.2) is 36.8 Å². The first-order valence-electron chi connectivity index (χ1n) is 8.84. The lowest BCUT2D eigenvalue weighted by molar-refractivity contribution is -0.384. The molecule has 2 fully saturated rings. The van der Waals surface area contributed by atoms with Crippen LogP contribution in [0.1, 0.15) is 39.5 Å². The minimum Gasteiger partial charge on any atom is -0.377 e. The highest BCUT2D eigenvalue weighted by Gasteiger charge is 2.32. The molecular weight excluding hydrogens is 342 g/mol. The van der Waals surface area contributed by atoms with Gasteiger partial charge in [-0.3, -0.25) is 10.1 Å². The summed E-state index contributed by atoms with van der Waals surface area (Å²) in [7, 11) is -3.70. The highest BCUT2D eigenvalue weighted by molar-refractivity contribution is 7.89. The Morgan fingerprint density at radius 2 is 2.04 bits per heavy atom. The molecule has 1 aromatic carbocycles. The molecule has 7 nitrogen and oxygen atoms in total. The van der Waals surface area contributed by atoms with Crippen LogP contribution in [0, 0.1) is 22.0 Å². The first-order chi connectivity index (χ1) is 11.8. The van der Waals surface area contributed by atoms with Crippen molar-refractivity contribution >= 4 is 21.4 Å². The Morgan fingerprint density at radius 1 is 1.32 bits per heavy atom. The largest absolute Gasteiger partial charge is 0.377 e. The molecule has 0 radical (unpaired) electrons. The molecule has 1 heterocycles. The number of benzene rings is 1. The maximum absolute atomic E-state index is 12.8. The third kappa shape index (κ3) is 3.95. The van der Waals surface area contributed by atoms with Crippen LogP contribution in [0.2, 0.25) is 0 Å². The smallest absolute Gasteiger partial charge is 0.293 e. The molecule has 0 aromatic heterocycles. The lowest BCUT2D eigenvalue weighted by Gasteiger charge is -2.30. The lowest BCUT2D eigenvalue weighted by atomic mass is 10.0. The Hall–Kier alpha value is -1.67. The zero-order chi connectivity index (χ0) is 18.2. The van der Waals surface area contributed by atoms with Crippen molar-refractivity contribution in [3.8, 4) is 0 Å². The van der Waals surface area contributed by atoms with Crippen LogP contribution in [-0.2, 0) is 10.0 Å². The third-order valence-electron chi connectivity index (χ3n) is 5.14. The summed E-state index contributed by atoms with van der Waals surface area (Å²) >= 11 is 0. The fourth-order valence-electron chi connectivity index (χ4n) is 3.42. The molecule has 3 rings (SSSR count). The Labute approximate surface area is 148 Å². The monoisotopic (exact) mass is 367 g/mol. The Morgan fingerprint density at radius 3 is 2.64 bits per heavy atom. The lowest BCUT2D eigenvalue weighted by Crippen LogP contribution is -2.39. The van der Waals surface area contributed by atoms with E-state index in [1.807, 2.05) is 13.8 Å². The van der Waals surface area contributed by atoms with Gasteiger partial charge in [0, 0.05) is 25.2 Å². The number of nitrogens with one attached hydrogen (secondary N) is 1. The van der Waals surface area contributed by atoms with Gasteiger partial charge in [-0.25, -0.2) is 8.42 Å². The van der Waals surface area contributed by atoms with Gasteiger partial charge in [0.15, 0.2) is 0 Å². The summed E-state index contributed by atoms with van der Waals surface area (Å²) in [5, 5.41) is 14.6. The van der Waals surface area contributed by atoms with Crippen LogP contribution in [0.5, 0.6) is 0 Å². The molecule has 1 saturated heterocycles. The molecule has 8 heteroatoms. The fourth-order valence-corrected chi connectivity index (χ4v) is 5.04. The fraction of sp³-hybridized carbons (Fsp3) is 0.647. The van der Waals surface area contributed by atoms with E-state index in [-0.39, 0.29) is 16.6 Å². The van der Waals surface area contributed by atoms with Gasteiger partial charge < -0.3 is 5.32 Å². The van der Waals surface area contributed by atoms with Crippen LogP contribution < -0.4 is 5.32 Å². The zero-order valence-electron chi connectivity index (χ0n) is 14.6. The summed E-state index contributed by atoms with van der Waals surface area (Å²) < 4.78 is 27.1. The van der Waals surface area contributed by atoms with Gasteiger partial charge in [-0.2, -0.15) is 4.31 Å². The van der Waals surface area contributed by atoms with Gasteiger partial charge >= 0.3 is 0 Å². The molecule has 1 aliphatic heterocycles. The molecule has 25 heavy (non-hydrogen) atoms. The van der Waals surface area contributed by atoms with Gasteiger partial charge in [-0.15, -0.1) is 0 Å². The molecular formula is C17H25N3O4S. The predicted molar refractivity (Wildman–Crippen MR) is 96.1 cm³/mol. The molecule has 0 amide bonds. The molecule has 1 N–H and O–H groups in total. The van der Waals surface area contributed by atoms with E-state index in [0.29, 0.717) is 30.6 Å². The molecule has 2 aliphatic rings. The van der Waals surface area contributed by atoms with E-state index in [9.17, 15) is 18.5 Å². The number of hydrogen-bond donors (Lipinski definition) is 1. The predicted octanol–water partition coefficient (Wildman–Crippen LogP) is 3.23. The van der Waals surface area contributed by atoms with Crippen LogP contribution in [0.3, 0.4) is 0 Å². The van der Waals surface area contributed by atoms with Crippen molar-refractivity contribution in [2.75, 3.05) is 18.4 Å². The van der Waals surface area contributed by atoms with Crippen LogP contribution >= 0.6 is 0 Å². The highest BCUT2D eigenvalue weighted by Crippen LogP contribution is 2.36. The topological polar surface area (TPSA) is 92.6 Å². The molecule has 1 saturated carbocycles. The maximum Gasteiger partial charge on any atom is 0.293 e. The average Bonchev–Trinajstić information content (AvgIpc) is 3.39. The summed E-state index contributed by atoms with van der Waals surface area (Å²) in [5.41, 5.74) is 0.203. The molecule has 0 spiro atoms. The van der Waals surface area contributed by atoms with Crippen LogP contribution in [0.15, 0.2) is 23.1 Å². The number of anilines is 1. The van der Waals surface area contributed by atoms with Crippen molar-refractivity contribution in [2.24, 2.45) is 11.8 Å². The second-order valence-corrected chi connectivity index (χ2v) is 9.25. The van der Waals surface area contributed by atoms with Gasteiger partial charge in [-0.05, 0) is 56.6 Å². The van der Waals surface area contributed by atoms with Gasteiger partial charge in [0.2, 0.25) is 10.0 Å². The Balaban J connectivity index is 1.88. The number of hydrogen-bond acceptors (Lipinski definition) is 5. The molecule has 0 bridgehead atoms. The minimum absolute atomic E-state index is 0.00192. The van der Waals surface area contributed by atoms with Gasteiger partial charge in [0.25, 0.3) is 5.69 Å². The van der Waals surface area contributed by atoms with Crippen molar-refractivity contribution in [2.45, 2.75) is 50.5 Å². The van der Waals surface area contributed by atoms with E-state index < -0.39 is 14.9 Å². The Bertz CT molecular complexity index is 761. The molecule has 2 atom stereocenters. The summed E-state index contributed by atoms with van der Waals surface area (Å²) in [6.45, 7) is 4.96. The first-order valence-corrected chi connectivity index (χ1v) is 10.3. The van der Waals surface area contributed by atoms with Crippen molar-refractivity contribution in [1.29, 1.82) is 0 Å². The van der Waals surface area contributed by atoms with E-state index >= 15 is 0 Å². The number of sulfonamides is 1. The summed E-state index contributed by atoms with van der Waals surface area (Å²) in [6.07, 6.45) is 4.08. The summed E-state index contributed by atoms with van der Waals surface area (Å²) in [4.78, 5) is 10.9. The Kier molecular flexibility index (Phi) is 5.02. The quantitative estimate of drug-likeness (QED) is 0.615. The van der Waals surface area contributed by atoms with Gasteiger partial charge in [0.05, 0.1) is 9.82 Å². The summed E-state index contributed by atoms with van der Waals surface area (Å²) in [5.74, 6) is 0.844. The standard InChI is InChI=1S/C17H25N3O4S/c1-12-4-3-9-19(11-12)25(23,24)15-7-8-16(17(10-15)20(21)22)18-13(2)14-5-6-14/h7-8,10,12-14,18H,3-6,9,11H2,1-2H3/t12-,13+/m1/s1. The van der Waals surface area contributed by atoms with Crippen LogP contribution in [0.25, 0.3) is 0 Å². The van der Waals surface area contributed by atoms with Crippen LogP contribution in [0.4, 0.5) is 11.4 Å². The number of nitro benzene ring substituents is 1. The van der Waals surface area contributed by atoms with Crippen molar-refractivity contribution < 1.29 is 13.3 Å². The average molecular weight is 367 g/mol. The second kappa shape index (κ2) is 6.92. The van der Waals surface area contributed by atoms with Crippen molar-refractivity contribution in [3.63, 3.8) is 0 Å². The first kappa shape index (κ1) is 18.1. The van der Waals surface area contributed by atoms with E-state index in [2.05, 4.69) is 5.32 Å². The number of rotatable bonds is 6. The molecule has 1 aliphatic carbocycles. The zero-order valence-corrected chi connectivity index (χ0v) is 15.5. The molecule has 1 aromatic rings. The van der Waals surface area contributed by atoms with Gasteiger partial charge in [0.1, 0.15) is 5.69 Å². The second-order valence-electron chi connectivity index (χ2n) is 7.32. The van der Waals surface area contributed by atoms with E-state index in [0.717, 1.165) is 25.7 Å². The molecule has 0 unspecified atom stereocenters. The number of nitrogens with zero attached hydrogens (tertiary/aromatic N) is 2. The van der Waals surface area contributed by atoms with Gasteiger partial charge in [-0.1, -0.05) is 6.92 Å². The number of piperidine rings is 1. The van der Waals surface area contributed by atoms with Crippen molar-refractivity contribution in [3.05, 3.63) is 28.3 Å². The normalized spacial score (nSPS) is 23.2.